The molecule has 0 unspecified atom stereocenters. The summed E-state index contributed by atoms with van der Waals surface area (Å²) in [4.78, 5) is 43.3. The van der Waals surface area contributed by atoms with Gasteiger partial charge in [0.15, 0.2) is 15.5 Å². The van der Waals surface area contributed by atoms with Gasteiger partial charge >= 0.3 is 0 Å². The van der Waals surface area contributed by atoms with Crippen molar-refractivity contribution < 1.29 is 9.53 Å². The standard InChI is InChI=1S/C25H33N7O3S.ClH/c1-29-11-13-30(14-12-29)24-28-22-20(23(34)32(24)15-16-35-2)27-25(36-22)31-10-6-9-19(31)21(33)26-17-18-7-4-3-5-8-18;/h3-5,7-8,19H,6,9-17H2,1-2H3,(H,26,33);1H/t19-;/m1./s1. The number of amides is 1. The summed E-state index contributed by atoms with van der Waals surface area (Å²) in [5.74, 6) is 0.658. The van der Waals surface area contributed by atoms with Crippen molar-refractivity contribution >= 4 is 51.1 Å². The number of aromatic nitrogens is 3. The molecule has 37 heavy (non-hydrogen) atoms. The Labute approximate surface area is 226 Å². The molecule has 3 aromatic rings. The number of thiazole rings is 1. The molecular weight excluding hydrogens is 514 g/mol. The normalized spacial score (nSPS) is 18.3. The number of benzene rings is 1. The predicted octanol–water partition coefficient (Wildman–Crippen LogP) is 1.96. The summed E-state index contributed by atoms with van der Waals surface area (Å²) in [6.45, 7) is 5.50. The minimum Gasteiger partial charge on any atom is -0.383 e. The van der Waals surface area contributed by atoms with E-state index in [1.165, 1.54) is 11.3 Å². The summed E-state index contributed by atoms with van der Waals surface area (Å²) >= 11 is 1.40. The number of fused-ring (bicyclic) bond motifs is 1. The molecule has 10 nitrogen and oxygen atoms in total. The molecule has 0 bridgehead atoms. The Bertz CT molecular complexity index is 1260. The average Bonchev–Trinajstić information content (AvgIpc) is 3.55. The summed E-state index contributed by atoms with van der Waals surface area (Å²) in [6, 6.07) is 9.59. The Balaban J connectivity index is 0.00000320. The van der Waals surface area contributed by atoms with Gasteiger partial charge in [-0.15, -0.1) is 12.4 Å². The molecule has 0 spiro atoms. The van der Waals surface area contributed by atoms with Gasteiger partial charge in [0.05, 0.1) is 13.2 Å². The number of hydrogen-bond donors (Lipinski definition) is 1. The van der Waals surface area contributed by atoms with Crippen LogP contribution in [0, 0.1) is 0 Å². The quantitative estimate of drug-likeness (QED) is 0.457. The maximum absolute atomic E-state index is 13.5. The fourth-order valence-electron chi connectivity index (χ4n) is 4.81. The highest BCUT2D eigenvalue weighted by Gasteiger charge is 2.33. The molecule has 2 aliphatic heterocycles. The van der Waals surface area contributed by atoms with Crippen LogP contribution in [0.15, 0.2) is 35.1 Å². The lowest BCUT2D eigenvalue weighted by Gasteiger charge is -2.34. The Morgan fingerprint density at radius 1 is 1.14 bits per heavy atom. The van der Waals surface area contributed by atoms with Crippen molar-refractivity contribution in [2.45, 2.75) is 32.0 Å². The van der Waals surface area contributed by atoms with Gasteiger partial charge in [0.1, 0.15) is 6.04 Å². The monoisotopic (exact) mass is 547 g/mol. The van der Waals surface area contributed by atoms with Crippen molar-refractivity contribution in [2.75, 3.05) is 63.3 Å². The van der Waals surface area contributed by atoms with E-state index in [1.54, 1.807) is 11.7 Å². The second-order valence-corrected chi connectivity index (χ2v) is 10.3. The maximum Gasteiger partial charge on any atom is 0.282 e. The fraction of sp³-hybridized carbons (Fsp3) is 0.520. The van der Waals surface area contributed by atoms with Gasteiger partial charge in [-0.1, -0.05) is 41.7 Å². The molecular formula is C25H34ClN7O3S. The lowest BCUT2D eigenvalue weighted by atomic mass is 10.2. The highest BCUT2D eigenvalue weighted by atomic mass is 35.5. The zero-order valence-corrected chi connectivity index (χ0v) is 22.9. The summed E-state index contributed by atoms with van der Waals surface area (Å²) in [5.41, 5.74) is 1.27. The number of likely N-dealkylation sites (N-methyl/N-ethyl adjacent to an activating group) is 1. The van der Waals surface area contributed by atoms with Crippen molar-refractivity contribution in [3.05, 3.63) is 46.2 Å². The molecule has 4 heterocycles. The van der Waals surface area contributed by atoms with Gasteiger partial charge in [0, 0.05) is 46.4 Å². The molecule has 2 aromatic heterocycles. The number of hydrogen-bond acceptors (Lipinski definition) is 9. The fourth-order valence-corrected chi connectivity index (χ4v) is 5.81. The third-order valence-electron chi connectivity index (χ3n) is 6.90. The number of piperazine rings is 1. The van der Waals surface area contributed by atoms with E-state index in [0.29, 0.717) is 41.1 Å². The molecule has 0 saturated carbocycles. The van der Waals surface area contributed by atoms with Crippen LogP contribution in [0.25, 0.3) is 10.3 Å². The average molecular weight is 548 g/mol. The van der Waals surface area contributed by atoms with Crippen LogP contribution in [0.1, 0.15) is 18.4 Å². The third-order valence-corrected chi connectivity index (χ3v) is 7.89. The summed E-state index contributed by atoms with van der Waals surface area (Å²) in [7, 11) is 3.73. The van der Waals surface area contributed by atoms with E-state index in [4.69, 9.17) is 14.7 Å². The van der Waals surface area contributed by atoms with E-state index in [1.807, 2.05) is 35.2 Å². The van der Waals surface area contributed by atoms with Crippen LogP contribution in [0.3, 0.4) is 0 Å². The van der Waals surface area contributed by atoms with Crippen LogP contribution in [0.2, 0.25) is 0 Å². The molecule has 200 valence electrons. The number of rotatable bonds is 8. The molecule has 0 radical (unpaired) electrons. The van der Waals surface area contributed by atoms with E-state index in [2.05, 4.69) is 22.2 Å². The summed E-state index contributed by atoms with van der Waals surface area (Å²) in [5, 5.41) is 3.75. The molecule has 1 atom stereocenters. The number of carbonyl (C=O) groups excluding carboxylic acids is 1. The molecule has 1 amide bonds. The van der Waals surface area contributed by atoms with E-state index in [-0.39, 0.29) is 29.9 Å². The lowest BCUT2D eigenvalue weighted by molar-refractivity contribution is -0.122. The molecule has 5 rings (SSSR count). The minimum absolute atomic E-state index is 0. The van der Waals surface area contributed by atoms with Crippen LogP contribution in [0.4, 0.5) is 11.1 Å². The van der Waals surface area contributed by atoms with E-state index >= 15 is 0 Å². The van der Waals surface area contributed by atoms with Gasteiger partial charge in [-0.3, -0.25) is 14.2 Å². The van der Waals surface area contributed by atoms with Crippen LogP contribution in [-0.4, -0.2) is 84.9 Å². The Hall–Kier alpha value is -2.73. The highest BCUT2D eigenvalue weighted by molar-refractivity contribution is 7.21. The summed E-state index contributed by atoms with van der Waals surface area (Å²) < 4.78 is 6.96. The Kier molecular flexibility index (Phi) is 9.01. The molecule has 0 aliphatic carbocycles. The van der Waals surface area contributed by atoms with Crippen LogP contribution >= 0.6 is 23.7 Å². The molecule has 1 aromatic carbocycles. The van der Waals surface area contributed by atoms with Crippen LogP contribution < -0.4 is 20.7 Å². The lowest BCUT2D eigenvalue weighted by Crippen LogP contribution is -2.47. The van der Waals surface area contributed by atoms with Gasteiger partial charge < -0.3 is 24.8 Å². The van der Waals surface area contributed by atoms with Crippen molar-refractivity contribution in [3.8, 4) is 0 Å². The van der Waals surface area contributed by atoms with Gasteiger partial charge in [0.25, 0.3) is 5.56 Å². The highest BCUT2D eigenvalue weighted by Crippen LogP contribution is 2.32. The Morgan fingerprint density at radius 2 is 1.89 bits per heavy atom. The number of nitrogens with one attached hydrogen (secondary N) is 1. The van der Waals surface area contributed by atoms with Gasteiger partial charge in [-0.2, -0.15) is 0 Å². The van der Waals surface area contributed by atoms with Gasteiger partial charge in [-0.25, -0.2) is 9.97 Å². The predicted molar refractivity (Wildman–Crippen MR) is 149 cm³/mol. The smallest absolute Gasteiger partial charge is 0.282 e. The second kappa shape index (κ2) is 12.2. The number of halogens is 1. The zero-order chi connectivity index (χ0) is 25.1. The van der Waals surface area contributed by atoms with E-state index < -0.39 is 0 Å². The number of nitrogens with zero attached hydrogens (tertiary/aromatic N) is 6. The third kappa shape index (κ3) is 5.90. The molecule has 2 saturated heterocycles. The van der Waals surface area contributed by atoms with Crippen LogP contribution in [-0.2, 0) is 22.6 Å². The van der Waals surface area contributed by atoms with E-state index in [9.17, 15) is 9.59 Å². The molecule has 2 fully saturated rings. The van der Waals surface area contributed by atoms with Crippen molar-refractivity contribution in [2.24, 2.45) is 0 Å². The topological polar surface area (TPSA) is 95.8 Å². The van der Waals surface area contributed by atoms with Crippen molar-refractivity contribution in [1.29, 1.82) is 0 Å². The summed E-state index contributed by atoms with van der Waals surface area (Å²) in [6.07, 6.45) is 1.66. The van der Waals surface area contributed by atoms with Crippen LogP contribution in [0.5, 0.6) is 0 Å². The molecule has 1 N–H and O–H groups in total. The zero-order valence-electron chi connectivity index (χ0n) is 21.3. The first-order valence-electron chi connectivity index (χ1n) is 12.5. The first-order chi connectivity index (χ1) is 17.5. The largest absolute Gasteiger partial charge is 0.383 e. The number of carbonyl (C=O) groups is 1. The second-order valence-electron chi connectivity index (χ2n) is 9.36. The first kappa shape index (κ1) is 27.3. The van der Waals surface area contributed by atoms with Crippen molar-refractivity contribution in [3.63, 3.8) is 0 Å². The molecule has 12 heteroatoms. The number of methoxy groups -OCH3 is 1. The van der Waals surface area contributed by atoms with Gasteiger partial charge in [-0.05, 0) is 25.5 Å². The Morgan fingerprint density at radius 3 is 2.62 bits per heavy atom. The number of anilines is 2. The SMILES string of the molecule is COCCn1c(N2CCN(C)CC2)nc2sc(N3CCC[C@@H]3C(=O)NCc3ccccc3)nc2c1=O.Cl. The maximum atomic E-state index is 13.5. The van der Waals surface area contributed by atoms with Gasteiger partial charge in [0.2, 0.25) is 11.9 Å². The van der Waals surface area contributed by atoms with E-state index in [0.717, 1.165) is 51.1 Å². The minimum atomic E-state index is -0.304. The number of ether oxygens (including phenoxy) is 1. The first-order valence-corrected chi connectivity index (χ1v) is 13.3. The van der Waals surface area contributed by atoms with Crippen molar-refractivity contribution in [1.82, 2.24) is 24.8 Å². The molecule has 2 aliphatic rings.